The first kappa shape index (κ1) is 9.30. The lowest BCUT2D eigenvalue weighted by atomic mass is 10.7. The summed E-state index contributed by atoms with van der Waals surface area (Å²) in [7, 11) is 1.93. The fourth-order valence-electron chi connectivity index (χ4n) is 0.129. The van der Waals surface area contributed by atoms with Gasteiger partial charge in [-0.15, -0.1) is 0 Å². The van der Waals surface area contributed by atoms with Gasteiger partial charge in [-0.25, -0.2) is 0 Å². The van der Waals surface area contributed by atoms with Crippen molar-refractivity contribution in [1.82, 2.24) is 0 Å². The molecule has 0 unspecified atom stereocenters. The van der Waals surface area contributed by atoms with E-state index in [-0.39, 0.29) is 12.1 Å². The SMILES string of the molecule is C[NH2+]CCO.[OH-]. The zero-order valence-corrected chi connectivity index (χ0v) is 3.89. The normalized spacial score (nSPS) is 7.00. The minimum Gasteiger partial charge on any atom is -0.870 e. The van der Waals surface area contributed by atoms with Gasteiger partial charge in [0, 0.05) is 0 Å². The van der Waals surface area contributed by atoms with E-state index in [4.69, 9.17) is 5.11 Å². The molecule has 0 spiro atoms. The molecule has 3 nitrogen and oxygen atoms in total. The van der Waals surface area contributed by atoms with Crippen LogP contribution < -0.4 is 5.32 Å². The zero-order chi connectivity index (χ0) is 4.12. The van der Waals surface area contributed by atoms with E-state index in [2.05, 4.69) is 0 Å². The van der Waals surface area contributed by atoms with Crippen LogP contribution in [0.2, 0.25) is 0 Å². The van der Waals surface area contributed by atoms with Crippen molar-refractivity contribution in [2.75, 3.05) is 20.2 Å². The molecule has 0 atom stereocenters. The standard InChI is InChI=1S/C3H9NO.H2O/c1-4-2-3-5;/h4-5H,2-3H2,1H3;1H2. The zero-order valence-electron chi connectivity index (χ0n) is 3.89. The summed E-state index contributed by atoms with van der Waals surface area (Å²) in [5, 5.41) is 9.97. The second kappa shape index (κ2) is 8.86. The van der Waals surface area contributed by atoms with Gasteiger partial charge in [0.2, 0.25) is 0 Å². The smallest absolute Gasteiger partial charge is 0.0988 e. The maximum absolute atomic E-state index is 8.04. The number of quaternary nitrogens is 1. The Morgan fingerprint density at radius 3 is 2.17 bits per heavy atom. The van der Waals surface area contributed by atoms with Crippen LogP contribution in [0.5, 0.6) is 0 Å². The fraction of sp³-hybridized carbons (Fsp3) is 1.00. The van der Waals surface area contributed by atoms with Crippen LogP contribution >= 0.6 is 0 Å². The van der Waals surface area contributed by atoms with Crippen LogP contribution in [-0.4, -0.2) is 30.8 Å². The van der Waals surface area contributed by atoms with E-state index in [0.717, 1.165) is 6.54 Å². The fourth-order valence-corrected chi connectivity index (χ4v) is 0.129. The molecule has 4 N–H and O–H groups in total. The lowest BCUT2D eigenvalue weighted by Crippen LogP contribution is -2.80. The highest BCUT2D eigenvalue weighted by Crippen LogP contribution is 1.31. The Bertz CT molecular complexity index is 16.3. The second-order valence-corrected chi connectivity index (χ2v) is 0.921. The maximum atomic E-state index is 8.04. The van der Waals surface area contributed by atoms with Crippen LogP contribution in [0.3, 0.4) is 0 Å². The molecule has 0 bridgehead atoms. The molecule has 0 saturated heterocycles. The van der Waals surface area contributed by atoms with Gasteiger partial charge in [-0.2, -0.15) is 0 Å². The van der Waals surface area contributed by atoms with E-state index in [0.29, 0.717) is 0 Å². The van der Waals surface area contributed by atoms with Gasteiger partial charge in [-0.3, -0.25) is 0 Å². The number of aliphatic hydroxyl groups excluding tert-OH is 1. The van der Waals surface area contributed by atoms with Crippen molar-refractivity contribution < 1.29 is 15.9 Å². The van der Waals surface area contributed by atoms with Gasteiger partial charge >= 0.3 is 0 Å². The number of hydrogen-bond acceptors (Lipinski definition) is 2. The summed E-state index contributed by atoms with van der Waals surface area (Å²) in [5.74, 6) is 0. The summed E-state index contributed by atoms with van der Waals surface area (Å²) in [6.45, 7) is 1.11. The third kappa shape index (κ3) is 9.11. The molecule has 0 radical (unpaired) electrons. The molecule has 0 aliphatic heterocycles. The van der Waals surface area contributed by atoms with E-state index in [9.17, 15) is 0 Å². The average molecular weight is 93.1 g/mol. The summed E-state index contributed by atoms with van der Waals surface area (Å²) in [4.78, 5) is 0. The van der Waals surface area contributed by atoms with Crippen LogP contribution in [0.4, 0.5) is 0 Å². The monoisotopic (exact) mass is 93.1 g/mol. The highest BCUT2D eigenvalue weighted by molar-refractivity contribution is 4.06. The lowest BCUT2D eigenvalue weighted by Gasteiger charge is -1.81. The quantitative estimate of drug-likeness (QED) is 0.414. The highest BCUT2D eigenvalue weighted by Gasteiger charge is 1.69. The largest absolute Gasteiger partial charge is 0.870 e. The average Bonchev–Trinajstić information content (AvgIpc) is 1.41. The number of hydrogen-bond donors (Lipinski definition) is 2. The Hall–Kier alpha value is -0.120. The first-order chi connectivity index (χ1) is 2.41. The molecular formula is C3H11NO2. The third-order valence-corrected chi connectivity index (χ3v) is 0.418. The van der Waals surface area contributed by atoms with Crippen LogP contribution in [0.1, 0.15) is 0 Å². The van der Waals surface area contributed by atoms with Gasteiger partial charge in [0.1, 0.15) is 0 Å². The maximum Gasteiger partial charge on any atom is 0.0988 e. The first-order valence-corrected chi connectivity index (χ1v) is 1.80. The summed E-state index contributed by atoms with van der Waals surface area (Å²) in [5.41, 5.74) is 0. The van der Waals surface area contributed by atoms with Crippen molar-refractivity contribution in [1.29, 1.82) is 0 Å². The molecule has 0 heterocycles. The molecule has 0 aromatic heterocycles. The van der Waals surface area contributed by atoms with E-state index >= 15 is 0 Å². The predicted molar refractivity (Wildman–Crippen MR) is 21.7 cm³/mol. The van der Waals surface area contributed by atoms with Crippen LogP contribution in [-0.2, 0) is 0 Å². The van der Waals surface area contributed by atoms with Crippen molar-refractivity contribution in [3.05, 3.63) is 0 Å². The number of aliphatic hydroxyl groups is 1. The Kier molecular flexibility index (Phi) is 13.7. The molecule has 6 heavy (non-hydrogen) atoms. The van der Waals surface area contributed by atoms with Gasteiger partial charge in [-0.05, 0) is 0 Å². The van der Waals surface area contributed by atoms with E-state index in [1.807, 2.05) is 12.4 Å². The van der Waals surface area contributed by atoms with Gasteiger partial charge in [0.15, 0.2) is 0 Å². The molecule has 0 amide bonds. The summed E-state index contributed by atoms with van der Waals surface area (Å²) >= 11 is 0. The minimum atomic E-state index is 0. The summed E-state index contributed by atoms with van der Waals surface area (Å²) in [6, 6.07) is 0. The van der Waals surface area contributed by atoms with E-state index < -0.39 is 0 Å². The Labute approximate surface area is 37.3 Å². The van der Waals surface area contributed by atoms with Crippen LogP contribution in [0.25, 0.3) is 0 Å². The second-order valence-electron chi connectivity index (χ2n) is 0.921. The van der Waals surface area contributed by atoms with Crippen molar-refractivity contribution in [3.8, 4) is 0 Å². The summed E-state index contributed by atoms with van der Waals surface area (Å²) < 4.78 is 0. The van der Waals surface area contributed by atoms with E-state index in [1.165, 1.54) is 0 Å². The topological polar surface area (TPSA) is 66.8 Å². The van der Waals surface area contributed by atoms with Crippen molar-refractivity contribution in [2.24, 2.45) is 0 Å². The predicted octanol–water partition coefficient (Wildman–Crippen LogP) is -2.00. The molecule has 0 aliphatic rings. The molecule has 0 rings (SSSR count). The van der Waals surface area contributed by atoms with Crippen molar-refractivity contribution in [2.45, 2.75) is 0 Å². The molecule has 0 saturated carbocycles. The lowest BCUT2D eigenvalue weighted by molar-refractivity contribution is -0.628. The Morgan fingerprint density at radius 1 is 1.67 bits per heavy atom. The number of nitrogens with two attached hydrogens (primary N) is 1. The Morgan fingerprint density at radius 2 is 2.17 bits per heavy atom. The summed E-state index contributed by atoms with van der Waals surface area (Å²) in [6.07, 6.45) is 0. The first-order valence-electron chi connectivity index (χ1n) is 1.80. The minimum absolute atomic E-state index is 0. The third-order valence-electron chi connectivity index (χ3n) is 0.418. The number of likely N-dealkylation sites (N-methyl/N-ethyl adjacent to an activating group) is 1. The van der Waals surface area contributed by atoms with Gasteiger partial charge in [0.25, 0.3) is 0 Å². The Balaban J connectivity index is 0. The van der Waals surface area contributed by atoms with Crippen LogP contribution in [0.15, 0.2) is 0 Å². The molecule has 3 heteroatoms. The van der Waals surface area contributed by atoms with Crippen LogP contribution in [0, 0.1) is 0 Å². The molecule has 0 aromatic rings. The molecule has 0 aliphatic carbocycles. The molecular weight excluding hydrogens is 82.0 g/mol. The van der Waals surface area contributed by atoms with Crippen molar-refractivity contribution >= 4 is 0 Å². The molecule has 40 valence electrons. The van der Waals surface area contributed by atoms with Crippen molar-refractivity contribution in [3.63, 3.8) is 0 Å². The van der Waals surface area contributed by atoms with E-state index in [1.54, 1.807) is 0 Å². The molecule has 0 aromatic carbocycles. The van der Waals surface area contributed by atoms with Gasteiger partial charge in [-0.1, -0.05) is 0 Å². The number of rotatable bonds is 2. The highest BCUT2D eigenvalue weighted by atomic mass is 16.3. The van der Waals surface area contributed by atoms with Gasteiger partial charge in [0.05, 0.1) is 20.2 Å². The van der Waals surface area contributed by atoms with Gasteiger partial charge < -0.3 is 15.9 Å². The molecule has 0 fully saturated rings.